The van der Waals surface area contributed by atoms with E-state index in [4.69, 9.17) is 4.74 Å². The monoisotopic (exact) mass is 721 g/mol. The van der Waals surface area contributed by atoms with E-state index in [1.807, 2.05) is 64.1 Å². The molecule has 0 radical (unpaired) electrons. The van der Waals surface area contributed by atoms with Gasteiger partial charge < -0.3 is 25.6 Å². The molecule has 0 saturated heterocycles. The summed E-state index contributed by atoms with van der Waals surface area (Å²) in [6.07, 6.45) is 1.70. The van der Waals surface area contributed by atoms with Crippen molar-refractivity contribution < 1.29 is 23.9 Å². The Morgan fingerprint density at radius 1 is 1.00 bits per heavy atom. The molecule has 1 aromatic heterocycles. The number of fused-ring (bicyclic) bond motifs is 1. The van der Waals surface area contributed by atoms with Crippen LogP contribution in [0.3, 0.4) is 0 Å². The average Bonchev–Trinajstić information content (AvgIpc) is 3.44. The summed E-state index contributed by atoms with van der Waals surface area (Å²) in [5, 5.41) is 18.4. The van der Waals surface area contributed by atoms with Gasteiger partial charge in [-0.3, -0.25) is 14.4 Å². The third kappa shape index (κ3) is 9.87. The van der Waals surface area contributed by atoms with Crippen molar-refractivity contribution in [3.63, 3.8) is 0 Å². The minimum atomic E-state index is -0.621. The zero-order valence-corrected chi connectivity index (χ0v) is 30.7. The maximum absolute atomic E-state index is 13.5. The molecular weight excluding hydrogens is 683 g/mol. The zero-order valence-electron chi connectivity index (χ0n) is 29.0. The van der Waals surface area contributed by atoms with Crippen LogP contribution < -0.4 is 16.0 Å². The standard InChI is InChI=1S/C39H39N5O5S2/c1-24-14-16-26(17-15-24)20-32(42-35(46)27-10-7-6-8-11-27)36(47)41-28-12-9-13-29(21-28)50-25(2)34(45)43-37-31(22-40)30-18-19-44(23-33(30)51-37)38(48)49-39(3,4)5/h6-17,20-21,25H,18-19,23H2,1-5H3,(H,41,47)(H,42,46)(H,43,45)/b32-20+. The fourth-order valence-corrected chi connectivity index (χ4v) is 7.32. The molecule has 0 spiro atoms. The Kier molecular flexibility index (Phi) is 11.6. The van der Waals surface area contributed by atoms with Crippen LogP contribution in [0.25, 0.3) is 6.08 Å². The summed E-state index contributed by atoms with van der Waals surface area (Å²) in [5.41, 5.74) is 3.42. The van der Waals surface area contributed by atoms with Gasteiger partial charge in [-0.1, -0.05) is 54.1 Å². The van der Waals surface area contributed by atoms with Crippen molar-refractivity contribution in [2.24, 2.45) is 0 Å². The minimum absolute atomic E-state index is 0.0691. The SMILES string of the molecule is Cc1ccc(/C=C(/NC(=O)c2ccccc2)C(=O)Nc2cccc(SC(C)C(=O)Nc3sc4c(c3C#N)CCN(C(=O)OC(C)(C)C)C4)c2)cc1. The van der Waals surface area contributed by atoms with Gasteiger partial charge in [-0.05, 0) is 88.6 Å². The molecule has 0 fully saturated rings. The number of nitrogens with one attached hydrogen (secondary N) is 3. The highest BCUT2D eigenvalue weighted by Gasteiger charge is 2.30. The summed E-state index contributed by atoms with van der Waals surface area (Å²) in [6, 6.07) is 25.5. The van der Waals surface area contributed by atoms with Gasteiger partial charge in [0, 0.05) is 27.6 Å². The molecule has 0 bridgehead atoms. The molecule has 3 N–H and O–H groups in total. The number of anilines is 2. The van der Waals surface area contributed by atoms with E-state index in [0.29, 0.717) is 41.3 Å². The number of benzene rings is 3. The highest BCUT2D eigenvalue weighted by atomic mass is 32.2. The summed E-state index contributed by atoms with van der Waals surface area (Å²) >= 11 is 2.59. The van der Waals surface area contributed by atoms with E-state index < -0.39 is 28.8 Å². The van der Waals surface area contributed by atoms with Gasteiger partial charge in [0.15, 0.2) is 0 Å². The highest BCUT2D eigenvalue weighted by Crippen LogP contribution is 2.38. The van der Waals surface area contributed by atoms with Gasteiger partial charge in [0.2, 0.25) is 5.91 Å². The van der Waals surface area contributed by atoms with Crippen LogP contribution in [0.1, 0.15) is 65.2 Å². The molecule has 1 aliphatic heterocycles. The van der Waals surface area contributed by atoms with Gasteiger partial charge in [0.25, 0.3) is 11.8 Å². The van der Waals surface area contributed by atoms with Crippen LogP contribution in [0.15, 0.2) is 89.5 Å². The van der Waals surface area contributed by atoms with Crippen molar-refractivity contribution >= 4 is 63.7 Å². The number of ether oxygens (including phenoxy) is 1. The van der Waals surface area contributed by atoms with Crippen LogP contribution in [0.2, 0.25) is 0 Å². The second kappa shape index (κ2) is 16.1. The molecule has 1 unspecified atom stereocenters. The highest BCUT2D eigenvalue weighted by molar-refractivity contribution is 8.00. The molecule has 4 amide bonds. The maximum Gasteiger partial charge on any atom is 0.410 e. The third-order valence-corrected chi connectivity index (χ3v) is 9.97. The van der Waals surface area contributed by atoms with E-state index in [2.05, 4.69) is 22.0 Å². The Labute approximate surface area is 305 Å². The average molecular weight is 722 g/mol. The van der Waals surface area contributed by atoms with Crippen LogP contribution in [0.5, 0.6) is 0 Å². The van der Waals surface area contributed by atoms with Crippen molar-refractivity contribution in [2.45, 2.75) is 63.3 Å². The Balaban J connectivity index is 1.25. The largest absolute Gasteiger partial charge is 0.444 e. The van der Waals surface area contributed by atoms with Crippen LogP contribution in [0, 0.1) is 18.3 Å². The van der Waals surface area contributed by atoms with Crippen LogP contribution >= 0.6 is 23.1 Å². The first-order chi connectivity index (χ1) is 24.3. The van der Waals surface area contributed by atoms with Crippen LogP contribution in [-0.2, 0) is 27.3 Å². The topological polar surface area (TPSA) is 141 Å². The van der Waals surface area contributed by atoms with Crippen molar-refractivity contribution in [3.8, 4) is 6.07 Å². The summed E-state index contributed by atoms with van der Waals surface area (Å²) in [6.45, 7) is 9.89. The summed E-state index contributed by atoms with van der Waals surface area (Å²) < 4.78 is 5.52. The Morgan fingerprint density at radius 2 is 1.73 bits per heavy atom. The number of thioether (sulfide) groups is 1. The van der Waals surface area contributed by atoms with Crippen molar-refractivity contribution in [3.05, 3.63) is 117 Å². The van der Waals surface area contributed by atoms with Crippen molar-refractivity contribution in [1.82, 2.24) is 10.2 Å². The Hall–Kier alpha value is -5.38. The number of nitriles is 1. The first-order valence-electron chi connectivity index (χ1n) is 16.4. The molecule has 3 aromatic carbocycles. The predicted octanol–water partition coefficient (Wildman–Crippen LogP) is 7.75. The summed E-state index contributed by atoms with van der Waals surface area (Å²) in [4.78, 5) is 55.7. The van der Waals surface area contributed by atoms with E-state index in [9.17, 15) is 24.4 Å². The number of hydrogen-bond acceptors (Lipinski definition) is 8. The fraction of sp³-hybridized carbons (Fsp3) is 0.256. The molecule has 51 heavy (non-hydrogen) atoms. The van der Waals surface area contributed by atoms with Crippen molar-refractivity contribution in [1.29, 1.82) is 5.26 Å². The Morgan fingerprint density at radius 3 is 2.41 bits per heavy atom. The lowest BCUT2D eigenvalue weighted by Gasteiger charge is -2.29. The van der Waals surface area contributed by atoms with E-state index in [-0.39, 0.29) is 11.6 Å². The van der Waals surface area contributed by atoms with Crippen LogP contribution in [-0.4, -0.2) is 46.1 Å². The summed E-state index contributed by atoms with van der Waals surface area (Å²) in [5.74, 6) is -1.22. The predicted molar refractivity (Wildman–Crippen MR) is 201 cm³/mol. The van der Waals surface area contributed by atoms with Crippen molar-refractivity contribution in [2.75, 3.05) is 17.2 Å². The number of nitrogens with zero attached hydrogens (tertiary/aromatic N) is 2. The third-order valence-electron chi connectivity index (χ3n) is 7.75. The molecule has 5 rings (SSSR count). The molecule has 2 heterocycles. The van der Waals surface area contributed by atoms with Crippen LogP contribution in [0.4, 0.5) is 15.5 Å². The molecule has 0 aliphatic carbocycles. The number of rotatable bonds is 9. The smallest absolute Gasteiger partial charge is 0.410 e. The fourth-order valence-electron chi connectivity index (χ4n) is 5.18. The number of thiophene rings is 1. The quantitative estimate of drug-likeness (QED) is 0.119. The number of hydrogen-bond donors (Lipinski definition) is 3. The van der Waals surface area contributed by atoms with Gasteiger partial charge >= 0.3 is 6.09 Å². The summed E-state index contributed by atoms with van der Waals surface area (Å²) in [7, 11) is 0. The molecular formula is C39H39N5O5S2. The first-order valence-corrected chi connectivity index (χ1v) is 18.1. The van der Waals surface area contributed by atoms with E-state index in [1.54, 1.807) is 60.4 Å². The van der Waals surface area contributed by atoms with Gasteiger partial charge in [-0.25, -0.2) is 4.79 Å². The second-order valence-corrected chi connectivity index (χ2v) is 15.5. The van der Waals surface area contributed by atoms with E-state index in [0.717, 1.165) is 26.5 Å². The molecule has 12 heteroatoms. The second-order valence-electron chi connectivity index (χ2n) is 13.0. The molecule has 4 aromatic rings. The molecule has 1 aliphatic rings. The first kappa shape index (κ1) is 36.9. The molecule has 1 atom stereocenters. The maximum atomic E-state index is 13.5. The molecule has 10 nitrogen and oxygen atoms in total. The Bertz CT molecular complexity index is 2010. The lowest BCUT2D eigenvalue weighted by atomic mass is 10.0. The van der Waals surface area contributed by atoms with Gasteiger partial charge in [0.05, 0.1) is 17.4 Å². The van der Waals surface area contributed by atoms with Gasteiger partial charge in [-0.15, -0.1) is 23.1 Å². The van der Waals surface area contributed by atoms with Gasteiger partial charge in [-0.2, -0.15) is 5.26 Å². The number of amides is 4. The molecule has 0 saturated carbocycles. The normalized spacial score (nSPS) is 13.3. The lowest BCUT2D eigenvalue weighted by molar-refractivity contribution is -0.115. The number of carbonyl (C=O) groups is 4. The van der Waals surface area contributed by atoms with E-state index in [1.165, 1.54) is 23.1 Å². The van der Waals surface area contributed by atoms with E-state index >= 15 is 0 Å². The lowest BCUT2D eigenvalue weighted by Crippen LogP contribution is -2.39. The zero-order chi connectivity index (χ0) is 36.7. The number of carbonyl (C=O) groups excluding carboxylic acids is 4. The van der Waals surface area contributed by atoms with Gasteiger partial charge in [0.1, 0.15) is 22.4 Å². The molecule has 262 valence electrons. The minimum Gasteiger partial charge on any atom is -0.444 e. The number of aryl methyl sites for hydroxylation is 1.